The second-order valence-electron chi connectivity index (χ2n) is 5.11. The lowest BCUT2D eigenvalue weighted by Gasteiger charge is -2.22. The molecular formula is C15H23NO3. The van der Waals surface area contributed by atoms with Gasteiger partial charge >= 0.3 is 0 Å². The van der Waals surface area contributed by atoms with E-state index in [0.29, 0.717) is 23.6 Å². The number of amides is 1. The number of carbonyl (C=O) groups excluding carboxylic acids is 1. The number of aliphatic hydroxyl groups excluding tert-OH is 1. The highest BCUT2D eigenvalue weighted by Gasteiger charge is 2.25. The van der Waals surface area contributed by atoms with Gasteiger partial charge in [0.05, 0.1) is 13.2 Å². The topological polar surface area (TPSA) is 58.6 Å². The normalized spacial score (nSPS) is 11.2. The van der Waals surface area contributed by atoms with Crippen molar-refractivity contribution in [2.75, 3.05) is 11.9 Å². The van der Waals surface area contributed by atoms with Gasteiger partial charge < -0.3 is 15.2 Å². The highest BCUT2D eigenvalue weighted by molar-refractivity contribution is 5.94. The van der Waals surface area contributed by atoms with Gasteiger partial charge in [0.15, 0.2) is 0 Å². The predicted octanol–water partition coefficient (Wildman–Crippen LogP) is 2.95. The Morgan fingerprint density at radius 3 is 2.58 bits per heavy atom. The lowest BCUT2D eigenvalue weighted by Crippen LogP contribution is -2.30. The molecule has 1 amide bonds. The zero-order valence-electron chi connectivity index (χ0n) is 12.1. The van der Waals surface area contributed by atoms with Crippen molar-refractivity contribution in [3.63, 3.8) is 0 Å². The van der Waals surface area contributed by atoms with E-state index in [-0.39, 0.29) is 12.5 Å². The van der Waals surface area contributed by atoms with Crippen LogP contribution in [0.25, 0.3) is 0 Å². The van der Waals surface area contributed by atoms with E-state index in [1.807, 2.05) is 27.7 Å². The lowest BCUT2D eigenvalue weighted by atomic mass is 9.89. The average molecular weight is 265 g/mol. The Morgan fingerprint density at radius 2 is 2.05 bits per heavy atom. The van der Waals surface area contributed by atoms with Gasteiger partial charge in [0, 0.05) is 16.7 Å². The molecule has 0 aliphatic carbocycles. The molecule has 19 heavy (non-hydrogen) atoms. The number of ether oxygens (including phenoxy) is 1. The van der Waals surface area contributed by atoms with Gasteiger partial charge in [0.1, 0.15) is 5.75 Å². The van der Waals surface area contributed by atoms with Crippen molar-refractivity contribution < 1.29 is 14.6 Å². The minimum absolute atomic E-state index is 0.0250. The van der Waals surface area contributed by atoms with Crippen molar-refractivity contribution >= 4 is 11.6 Å². The molecule has 0 unspecified atom stereocenters. The zero-order chi connectivity index (χ0) is 14.5. The summed E-state index contributed by atoms with van der Waals surface area (Å²) in [6.45, 7) is 8.11. The molecule has 0 aliphatic rings. The number of aliphatic hydroxyl groups is 1. The smallest absolute Gasteiger partial charge is 0.230 e. The van der Waals surface area contributed by atoms with Gasteiger partial charge in [0.25, 0.3) is 0 Å². The van der Waals surface area contributed by atoms with Crippen LogP contribution in [0.15, 0.2) is 18.2 Å². The Kier molecular flexibility index (Phi) is 5.36. The number of carbonyl (C=O) groups is 1. The van der Waals surface area contributed by atoms with Crippen LogP contribution in [0, 0.1) is 5.41 Å². The molecule has 2 N–H and O–H groups in total. The number of benzene rings is 1. The first-order valence-electron chi connectivity index (χ1n) is 6.62. The number of anilines is 1. The molecule has 0 saturated heterocycles. The Morgan fingerprint density at radius 1 is 1.37 bits per heavy atom. The van der Waals surface area contributed by atoms with Crippen molar-refractivity contribution in [2.24, 2.45) is 5.41 Å². The summed E-state index contributed by atoms with van der Waals surface area (Å²) < 4.78 is 5.40. The molecule has 1 aromatic carbocycles. The van der Waals surface area contributed by atoms with Crippen molar-refractivity contribution in [2.45, 2.75) is 40.7 Å². The molecule has 4 heteroatoms. The van der Waals surface area contributed by atoms with E-state index in [1.54, 1.807) is 18.2 Å². The van der Waals surface area contributed by atoms with Gasteiger partial charge in [-0.05, 0) is 31.5 Å². The first-order chi connectivity index (χ1) is 8.94. The average Bonchev–Trinajstić information content (AvgIpc) is 2.40. The quantitative estimate of drug-likeness (QED) is 0.831. The van der Waals surface area contributed by atoms with Crippen LogP contribution in [0.5, 0.6) is 5.75 Å². The molecule has 0 radical (unpaired) electrons. The number of hydrogen-bond acceptors (Lipinski definition) is 3. The third-order valence-corrected chi connectivity index (χ3v) is 3.29. The van der Waals surface area contributed by atoms with Crippen LogP contribution < -0.4 is 10.1 Å². The minimum Gasteiger partial charge on any atom is -0.494 e. The van der Waals surface area contributed by atoms with Crippen LogP contribution in [-0.2, 0) is 11.4 Å². The second-order valence-corrected chi connectivity index (χ2v) is 5.11. The second kappa shape index (κ2) is 6.57. The standard InChI is InChI=1S/C15H23NO3/c1-5-15(3,4)14(18)16-12-7-8-13(19-6-2)11(9-12)10-17/h7-9,17H,5-6,10H2,1-4H3,(H,16,18). The van der Waals surface area contributed by atoms with Gasteiger partial charge in [-0.15, -0.1) is 0 Å². The highest BCUT2D eigenvalue weighted by Crippen LogP contribution is 2.26. The summed E-state index contributed by atoms with van der Waals surface area (Å²) in [7, 11) is 0. The molecule has 0 aromatic heterocycles. The monoisotopic (exact) mass is 265 g/mol. The molecular weight excluding hydrogens is 242 g/mol. The fourth-order valence-corrected chi connectivity index (χ4v) is 1.54. The third-order valence-electron chi connectivity index (χ3n) is 3.29. The number of rotatable bonds is 6. The Labute approximate surface area is 114 Å². The fourth-order valence-electron chi connectivity index (χ4n) is 1.54. The molecule has 1 aromatic rings. The van der Waals surface area contributed by atoms with Crippen LogP contribution in [0.4, 0.5) is 5.69 Å². The van der Waals surface area contributed by atoms with Crippen molar-refractivity contribution in [3.05, 3.63) is 23.8 Å². The molecule has 0 aliphatic heterocycles. The summed E-state index contributed by atoms with van der Waals surface area (Å²) in [5.41, 5.74) is 0.950. The molecule has 0 fully saturated rings. The Bertz CT molecular complexity index is 441. The molecule has 0 saturated carbocycles. The van der Waals surface area contributed by atoms with E-state index in [2.05, 4.69) is 5.32 Å². The van der Waals surface area contributed by atoms with Gasteiger partial charge in [0.2, 0.25) is 5.91 Å². The van der Waals surface area contributed by atoms with Gasteiger partial charge in [-0.3, -0.25) is 4.79 Å². The van der Waals surface area contributed by atoms with Crippen LogP contribution in [-0.4, -0.2) is 17.6 Å². The largest absolute Gasteiger partial charge is 0.494 e. The summed E-state index contributed by atoms with van der Waals surface area (Å²) in [5, 5.41) is 12.2. The van der Waals surface area contributed by atoms with Gasteiger partial charge in [-0.25, -0.2) is 0 Å². The maximum absolute atomic E-state index is 12.1. The summed E-state index contributed by atoms with van der Waals surface area (Å²) in [5.74, 6) is 0.626. The van der Waals surface area contributed by atoms with E-state index >= 15 is 0 Å². The number of nitrogens with one attached hydrogen (secondary N) is 1. The summed E-state index contributed by atoms with van der Waals surface area (Å²) in [6.07, 6.45) is 0.767. The fraction of sp³-hybridized carbons (Fsp3) is 0.533. The Balaban J connectivity index is 2.89. The first-order valence-corrected chi connectivity index (χ1v) is 6.62. The lowest BCUT2D eigenvalue weighted by molar-refractivity contribution is -0.124. The molecule has 1 rings (SSSR count). The minimum atomic E-state index is -0.405. The van der Waals surface area contributed by atoms with E-state index in [9.17, 15) is 9.90 Å². The molecule has 0 heterocycles. The van der Waals surface area contributed by atoms with Crippen molar-refractivity contribution in [1.82, 2.24) is 0 Å². The van der Waals surface area contributed by atoms with Crippen molar-refractivity contribution in [3.8, 4) is 5.75 Å². The molecule has 106 valence electrons. The van der Waals surface area contributed by atoms with Crippen molar-refractivity contribution in [1.29, 1.82) is 0 Å². The van der Waals surface area contributed by atoms with Crippen LogP contribution in [0.2, 0.25) is 0 Å². The van der Waals surface area contributed by atoms with Crippen LogP contribution in [0.3, 0.4) is 0 Å². The maximum Gasteiger partial charge on any atom is 0.230 e. The molecule has 4 nitrogen and oxygen atoms in total. The number of hydrogen-bond donors (Lipinski definition) is 2. The third kappa shape index (κ3) is 3.96. The summed E-state index contributed by atoms with van der Waals surface area (Å²) in [6, 6.07) is 5.30. The van der Waals surface area contributed by atoms with E-state index in [0.717, 1.165) is 6.42 Å². The van der Waals surface area contributed by atoms with E-state index in [4.69, 9.17) is 4.74 Å². The molecule has 0 atom stereocenters. The molecule has 0 bridgehead atoms. The maximum atomic E-state index is 12.1. The van der Waals surface area contributed by atoms with Gasteiger partial charge in [-0.1, -0.05) is 20.8 Å². The highest BCUT2D eigenvalue weighted by atomic mass is 16.5. The summed E-state index contributed by atoms with van der Waals surface area (Å²) >= 11 is 0. The Hall–Kier alpha value is -1.55. The van der Waals surface area contributed by atoms with Crippen LogP contribution >= 0.6 is 0 Å². The van der Waals surface area contributed by atoms with E-state index in [1.165, 1.54) is 0 Å². The van der Waals surface area contributed by atoms with E-state index < -0.39 is 5.41 Å². The zero-order valence-corrected chi connectivity index (χ0v) is 12.1. The first kappa shape index (κ1) is 15.5. The summed E-state index contributed by atoms with van der Waals surface area (Å²) in [4.78, 5) is 12.1. The predicted molar refractivity (Wildman–Crippen MR) is 76.2 cm³/mol. The SMILES string of the molecule is CCOc1ccc(NC(=O)C(C)(C)CC)cc1CO. The van der Waals surface area contributed by atoms with Gasteiger partial charge in [-0.2, -0.15) is 0 Å². The van der Waals surface area contributed by atoms with Crippen LogP contribution in [0.1, 0.15) is 39.7 Å². The molecule has 0 spiro atoms.